The molecule has 0 N–H and O–H groups in total. The minimum atomic E-state index is -1.08. The Morgan fingerprint density at radius 3 is 2.91 bits per heavy atom. The minimum Gasteiger partial charge on any atom is -0.355 e. The van der Waals surface area contributed by atoms with Crippen LogP contribution in [0.5, 0.6) is 0 Å². The molecule has 7 heteroatoms. The van der Waals surface area contributed by atoms with Gasteiger partial charge in [-0.1, -0.05) is 17.3 Å². The molecule has 5 nitrogen and oxygen atoms in total. The first kappa shape index (κ1) is 14.3. The Labute approximate surface area is 139 Å². The van der Waals surface area contributed by atoms with Gasteiger partial charge in [0, 0.05) is 29.3 Å². The van der Waals surface area contributed by atoms with Crippen LogP contribution in [0.15, 0.2) is 58.7 Å². The zero-order valence-corrected chi connectivity index (χ0v) is 13.7. The van der Waals surface area contributed by atoms with Crippen LogP contribution >= 0.6 is 11.3 Å². The van der Waals surface area contributed by atoms with Crippen LogP contribution < -0.4 is 0 Å². The smallest absolute Gasteiger partial charge is 0.177 e. The number of aromatic nitrogens is 3. The van der Waals surface area contributed by atoms with Crippen LogP contribution in [-0.2, 0) is 22.3 Å². The zero-order valence-electron chi connectivity index (χ0n) is 12.1. The Bertz CT molecular complexity index is 924. The van der Waals surface area contributed by atoms with Crippen LogP contribution in [0.3, 0.4) is 0 Å². The summed E-state index contributed by atoms with van der Waals surface area (Å²) >= 11 is 1.59. The van der Waals surface area contributed by atoms with Crippen LogP contribution in [0.4, 0.5) is 0 Å². The van der Waals surface area contributed by atoms with E-state index < -0.39 is 10.8 Å². The van der Waals surface area contributed by atoms with E-state index in [1.807, 2.05) is 58.6 Å². The third-order valence-corrected chi connectivity index (χ3v) is 5.47. The SMILES string of the molecule is O=[S@@](Cc1cc(-c2cccs2)on1)Cc1cn2ccccc2n1. The average molecular weight is 343 g/mol. The van der Waals surface area contributed by atoms with E-state index in [0.29, 0.717) is 17.2 Å². The van der Waals surface area contributed by atoms with Crippen LogP contribution in [0, 0.1) is 0 Å². The van der Waals surface area contributed by atoms with Crippen molar-refractivity contribution in [2.24, 2.45) is 0 Å². The maximum absolute atomic E-state index is 12.3. The lowest BCUT2D eigenvalue weighted by Crippen LogP contribution is -1.99. The van der Waals surface area contributed by atoms with E-state index in [0.717, 1.165) is 22.0 Å². The van der Waals surface area contributed by atoms with Crippen LogP contribution in [-0.4, -0.2) is 18.8 Å². The molecule has 0 unspecified atom stereocenters. The number of hydrogen-bond acceptors (Lipinski definition) is 5. The Hall–Kier alpha value is -2.25. The Morgan fingerprint density at radius 1 is 1.17 bits per heavy atom. The fraction of sp³-hybridized carbons (Fsp3) is 0.125. The summed E-state index contributed by atoms with van der Waals surface area (Å²) in [6, 6.07) is 11.6. The number of hydrogen-bond donors (Lipinski definition) is 0. The summed E-state index contributed by atoms with van der Waals surface area (Å²) in [4.78, 5) is 5.49. The molecule has 0 aliphatic rings. The first-order valence-corrected chi connectivity index (χ1v) is 9.42. The molecule has 0 spiro atoms. The normalized spacial score (nSPS) is 12.7. The molecule has 4 aromatic heterocycles. The van der Waals surface area contributed by atoms with Gasteiger partial charge in [-0.3, -0.25) is 4.21 Å². The average Bonchev–Trinajstić information content (AvgIpc) is 3.26. The van der Waals surface area contributed by atoms with Crippen molar-refractivity contribution in [1.82, 2.24) is 14.5 Å². The highest BCUT2D eigenvalue weighted by Crippen LogP contribution is 2.25. The summed E-state index contributed by atoms with van der Waals surface area (Å²) in [7, 11) is -1.08. The summed E-state index contributed by atoms with van der Waals surface area (Å²) in [6.45, 7) is 0. The van der Waals surface area contributed by atoms with Crippen molar-refractivity contribution in [3.8, 4) is 10.6 Å². The van der Waals surface area contributed by atoms with Crippen molar-refractivity contribution in [3.05, 3.63) is 65.6 Å². The van der Waals surface area contributed by atoms with Crippen molar-refractivity contribution in [2.75, 3.05) is 0 Å². The van der Waals surface area contributed by atoms with Crippen LogP contribution in [0.2, 0.25) is 0 Å². The highest BCUT2D eigenvalue weighted by molar-refractivity contribution is 7.83. The van der Waals surface area contributed by atoms with Crippen LogP contribution in [0.25, 0.3) is 16.3 Å². The van der Waals surface area contributed by atoms with Gasteiger partial charge in [0.05, 0.1) is 27.8 Å². The van der Waals surface area contributed by atoms with Gasteiger partial charge in [-0.2, -0.15) is 0 Å². The maximum Gasteiger partial charge on any atom is 0.177 e. The molecule has 4 aromatic rings. The van der Waals surface area contributed by atoms with Gasteiger partial charge in [0.2, 0.25) is 0 Å². The summed E-state index contributed by atoms with van der Waals surface area (Å²) in [5.74, 6) is 1.49. The van der Waals surface area contributed by atoms with E-state index in [4.69, 9.17) is 4.52 Å². The number of fused-ring (bicyclic) bond motifs is 1. The van der Waals surface area contributed by atoms with E-state index in [-0.39, 0.29) is 0 Å². The lowest BCUT2D eigenvalue weighted by atomic mass is 10.3. The summed E-state index contributed by atoms with van der Waals surface area (Å²) < 4.78 is 19.6. The molecule has 0 bridgehead atoms. The van der Waals surface area contributed by atoms with Gasteiger partial charge in [-0.05, 0) is 23.6 Å². The first-order chi connectivity index (χ1) is 11.3. The second kappa shape index (κ2) is 6.10. The van der Waals surface area contributed by atoms with Gasteiger partial charge in [-0.15, -0.1) is 11.3 Å². The summed E-state index contributed by atoms with van der Waals surface area (Å²) in [5.41, 5.74) is 2.38. The predicted octanol–water partition coefficient (Wildman–Crippen LogP) is 3.50. The molecule has 0 saturated carbocycles. The minimum absolute atomic E-state index is 0.364. The second-order valence-corrected chi connectivity index (χ2v) is 7.49. The molecule has 0 amide bonds. The van der Waals surface area contributed by atoms with Gasteiger partial charge in [0.15, 0.2) is 5.76 Å². The van der Waals surface area contributed by atoms with Crippen molar-refractivity contribution >= 4 is 27.8 Å². The third-order valence-electron chi connectivity index (χ3n) is 3.35. The molecule has 0 aliphatic heterocycles. The molecule has 4 heterocycles. The van der Waals surface area contributed by atoms with Gasteiger partial charge in [-0.25, -0.2) is 4.98 Å². The number of thiophene rings is 1. The molecular weight excluding hydrogens is 330 g/mol. The number of pyridine rings is 1. The van der Waals surface area contributed by atoms with Gasteiger partial charge >= 0.3 is 0 Å². The third kappa shape index (κ3) is 3.11. The maximum atomic E-state index is 12.3. The van der Waals surface area contributed by atoms with Crippen LogP contribution in [0.1, 0.15) is 11.4 Å². The summed E-state index contributed by atoms with van der Waals surface area (Å²) in [5, 5.41) is 5.99. The molecule has 23 heavy (non-hydrogen) atoms. The Morgan fingerprint density at radius 2 is 2.09 bits per heavy atom. The predicted molar refractivity (Wildman–Crippen MR) is 90.6 cm³/mol. The highest BCUT2D eigenvalue weighted by atomic mass is 32.2. The Balaban J connectivity index is 1.45. The molecule has 116 valence electrons. The fourth-order valence-corrected chi connectivity index (χ4v) is 4.06. The molecule has 4 rings (SSSR count). The van der Waals surface area contributed by atoms with Crippen molar-refractivity contribution in [1.29, 1.82) is 0 Å². The van der Waals surface area contributed by atoms with E-state index in [1.54, 1.807) is 11.3 Å². The van der Waals surface area contributed by atoms with Gasteiger partial charge in [0.25, 0.3) is 0 Å². The standard InChI is InChI=1S/C16H13N3O2S2/c20-23(11-13-9-19-6-2-1-5-16(19)17-13)10-12-8-14(21-18-12)15-4-3-7-22-15/h1-9H,10-11H2/t23-/m0/s1. The van der Waals surface area contributed by atoms with Gasteiger partial charge in [0.1, 0.15) is 5.65 Å². The first-order valence-electron chi connectivity index (χ1n) is 7.05. The highest BCUT2D eigenvalue weighted by Gasteiger charge is 2.12. The molecular formula is C16H13N3O2S2. The van der Waals surface area contributed by atoms with Crippen molar-refractivity contribution < 1.29 is 8.73 Å². The quantitative estimate of drug-likeness (QED) is 0.556. The molecule has 0 aromatic carbocycles. The molecule has 0 fully saturated rings. The van der Waals surface area contributed by atoms with E-state index in [9.17, 15) is 4.21 Å². The molecule has 0 radical (unpaired) electrons. The van der Waals surface area contributed by atoms with Crippen molar-refractivity contribution in [3.63, 3.8) is 0 Å². The second-order valence-electron chi connectivity index (χ2n) is 5.09. The Kier molecular flexibility index (Phi) is 3.80. The van der Waals surface area contributed by atoms with E-state index >= 15 is 0 Å². The zero-order chi connectivity index (χ0) is 15.6. The lowest BCUT2D eigenvalue weighted by molar-refractivity contribution is 0.427. The fourth-order valence-electron chi connectivity index (χ4n) is 2.35. The number of nitrogens with zero attached hydrogens (tertiary/aromatic N) is 3. The molecule has 1 atom stereocenters. The lowest BCUT2D eigenvalue weighted by Gasteiger charge is -1.95. The monoisotopic (exact) mass is 343 g/mol. The topological polar surface area (TPSA) is 60.4 Å². The van der Waals surface area contributed by atoms with E-state index in [1.165, 1.54) is 0 Å². The molecule has 0 saturated heterocycles. The van der Waals surface area contributed by atoms with E-state index in [2.05, 4.69) is 10.1 Å². The summed E-state index contributed by atoms with van der Waals surface area (Å²) in [6.07, 6.45) is 3.84. The number of imidazole rings is 1. The molecule has 0 aliphatic carbocycles. The van der Waals surface area contributed by atoms with Gasteiger partial charge < -0.3 is 8.92 Å². The largest absolute Gasteiger partial charge is 0.355 e. The number of rotatable bonds is 5. The van der Waals surface area contributed by atoms with Crippen molar-refractivity contribution in [2.45, 2.75) is 11.5 Å².